The van der Waals surface area contributed by atoms with E-state index in [1.54, 1.807) is 0 Å². The Morgan fingerprint density at radius 1 is 1.69 bits per heavy atom. The van der Waals surface area contributed by atoms with Crippen molar-refractivity contribution in [3.63, 3.8) is 0 Å². The van der Waals surface area contributed by atoms with Crippen molar-refractivity contribution in [3.8, 4) is 0 Å². The largest absolute Gasteiger partial charge is 0.448 e. The highest BCUT2D eigenvalue weighted by Gasteiger charge is 1.93. The monoisotopic (exact) mass is 183 g/mol. The Morgan fingerprint density at radius 2 is 2.54 bits per heavy atom. The molecule has 1 aromatic rings. The first-order chi connectivity index (χ1) is 6.29. The van der Waals surface area contributed by atoms with Gasteiger partial charge in [0.15, 0.2) is 0 Å². The lowest BCUT2D eigenvalue weighted by Crippen LogP contribution is -2.23. The third-order valence-corrected chi connectivity index (χ3v) is 1.50. The van der Waals surface area contributed by atoms with Crippen LogP contribution in [0.2, 0.25) is 0 Å². The van der Waals surface area contributed by atoms with E-state index in [0.29, 0.717) is 13.2 Å². The van der Waals surface area contributed by atoms with Gasteiger partial charge in [0.1, 0.15) is 6.61 Å². The molecule has 0 radical (unpaired) electrons. The van der Waals surface area contributed by atoms with Crippen LogP contribution in [0.15, 0.2) is 18.3 Å². The molecule has 1 amide bonds. The number of aromatic nitrogens is 1. The Labute approximate surface area is 76.3 Å². The molecule has 0 aromatic carbocycles. The number of H-pyrrole nitrogens is 1. The van der Waals surface area contributed by atoms with Crippen LogP contribution in [0.1, 0.15) is 5.69 Å². The van der Waals surface area contributed by atoms with E-state index in [0.717, 1.165) is 12.2 Å². The van der Waals surface area contributed by atoms with Crippen molar-refractivity contribution in [1.29, 1.82) is 0 Å². The average molecular weight is 183 g/mol. The van der Waals surface area contributed by atoms with Gasteiger partial charge in [0.05, 0.1) is 0 Å². The van der Waals surface area contributed by atoms with Crippen LogP contribution >= 0.6 is 0 Å². The van der Waals surface area contributed by atoms with Crippen molar-refractivity contribution in [1.82, 2.24) is 10.3 Å². The molecule has 0 spiro atoms. The maximum Gasteiger partial charge on any atom is 0.404 e. The fraction of sp³-hybridized carbons (Fsp3) is 0.375. The molecular formula is C8H13N3O2. The van der Waals surface area contributed by atoms with Crippen LogP contribution in [0.4, 0.5) is 4.79 Å². The highest BCUT2D eigenvalue weighted by molar-refractivity contribution is 5.64. The molecular weight excluding hydrogens is 170 g/mol. The molecule has 1 rings (SSSR count). The van der Waals surface area contributed by atoms with Gasteiger partial charge in [0.25, 0.3) is 0 Å². The fourth-order valence-corrected chi connectivity index (χ4v) is 0.924. The van der Waals surface area contributed by atoms with Crippen LogP contribution in [0.25, 0.3) is 0 Å². The van der Waals surface area contributed by atoms with E-state index in [4.69, 9.17) is 5.73 Å². The highest BCUT2D eigenvalue weighted by atomic mass is 16.5. The summed E-state index contributed by atoms with van der Waals surface area (Å²) in [6.07, 6.45) is 1.12. The Kier molecular flexibility index (Phi) is 3.84. The molecule has 0 atom stereocenters. The van der Waals surface area contributed by atoms with Gasteiger partial charge in [0, 0.05) is 25.0 Å². The number of aromatic amines is 1. The fourth-order valence-electron chi connectivity index (χ4n) is 0.924. The van der Waals surface area contributed by atoms with E-state index in [-0.39, 0.29) is 0 Å². The van der Waals surface area contributed by atoms with Crippen molar-refractivity contribution in [2.75, 3.05) is 13.2 Å². The molecule has 0 saturated carbocycles. The molecule has 5 nitrogen and oxygen atoms in total. The van der Waals surface area contributed by atoms with Gasteiger partial charge in [0.2, 0.25) is 0 Å². The molecule has 0 bridgehead atoms. The second-order valence-electron chi connectivity index (χ2n) is 2.54. The van der Waals surface area contributed by atoms with Crippen molar-refractivity contribution in [2.24, 2.45) is 5.73 Å². The summed E-state index contributed by atoms with van der Waals surface area (Å²) in [4.78, 5) is 13.2. The van der Waals surface area contributed by atoms with Gasteiger partial charge < -0.3 is 20.8 Å². The summed E-state index contributed by atoms with van der Waals surface area (Å²) in [7, 11) is 0. The summed E-state index contributed by atoms with van der Waals surface area (Å²) >= 11 is 0. The Hall–Kier alpha value is -1.49. The van der Waals surface area contributed by atoms with Crippen LogP contribution < -0.4 is 11.1 Å². The summed E-state index contributed by atoms with van der Waals surface area (Å²) in [5.74, 6) is 0. The zero-order valence-corrected chi connectivity index (χ0v) is 7.25. The van der Waals surface area contributed by atoms with Gasteiger partial charge in [-0.2, -0.15) is 0 Å². The van der Waals surface area contributed by atoms with Gasteiger partial charge in [-0.1, -0.05) is 0 Å². The van der Waals surface area contributed by atoms with Gasteiger partial charge in [-0.15, -0.1) is 0 Å². The summed E-state index contributed by atoms with van der Waals surface area (Å²) in [6.45, 7) is 1.63. The van der Waals surface area contributed by atoms with Crippen LogP contribution in [-0.4, -0.2) is 24.2 Å². The van der Waals surface area contributed by atoms with Gasteiger partial charge >= 0.3 is 6.09 Å². The predicted molar refractivity (Wildman–Crippen MR) is 48.0 cm³/mol. The first kappa shape index (κ1) is 9.60. The second-order valence-corrected chi connectivity index (χ2v) is 2.54. The van der Waals surface area contributed by atoms with Gasteiger partial charge in [-0.25, -0.2) is 4.79 Å². The van der Waals surface area contributed by atoms with Crippen LogP contribution in [0, 0.1) is 0 Å². The van der Waals surface area contributed by atoms with E-state index in [1.165, 1.54) is 0 Å². The molecule has 0 unspecified atom stereocenters. The molecule has 1 heterocycles. The number of primary amides is 1. The number of rotatable bonds is 5. The predicted octanol–water partition coefficient (Wildman–Crippen LogP) is 0.200. The maximum absolute atomic E-state index is 10.2. The lowest BCUT2D eigenvalue weighted by Gasteiger charge is -2.02. The normalized spacial score (nSPS) is 9.85. The van der Waals surface area contributed by atoms with Crippen LogP contribution in [-0.2, 0) is 11.3 Å². The van der Waals surface area contributed by atoms with Crippen molar-refractivity contribution in [3.05, 3.63) is 24.0 Å². The lowest BCUT2D eigenvalue weighted by molar-refractivity contribution is 0.157. The maximum atomic E-state index is 10.2. The Morgan fingerprint density at radius 3 is 3.15 bits per heavy atom. The summed E-state index contributed by atoms with van der Waals surface area (Å²) < 4.78 is 4.53. The quantitative estimate of drug-likeness (QED) is 0.570. The molecule has 0 aliphatic rings. The number of nitrogens with one attached hydrogen (secondary N) is 2. The molecule has 0 aliphatic carbocycles. The first-order valence-corrected chi connectivity index (χ1v) is 4.04. The summed E-state index contributed by atoms with van der Waals surface area (Å²) in [5.41, 5.74) is 5.87. The molecule has 72 valence electrons. The minimum atomic E-state index is -0.735. The SMILES string of the molecule is NC(=O)OCCNCc1ccc[nH]1. The Bertz CT molecular complexity index is 246. The third-order valence-electron chi connectivity index (χ3n) is 1.50. The van der Waals surface area contributed by atoms with Crippen molar-refractivity contribution >= 4 is 6.09 Å². The van der Waals surface area contributed by atoms with E-state index >= 15 is 0 Å². The van der Waals surface area contributed by atoms with E-state index in [9.17, 15) is 4.79 Å². The van der Waals surface area contributed by atoms with Crippen LogP contribution in [0.3, 0.4) is 0 Å². The minimum Gasteiger partial charge on any atom is -0.448 e. The first-order valence-electron chi connectivity index (χ1n) is 4.04. The van der Waals surface area contributed by atoms with Gasteiger partial charge in [-0.05, 0) is 12.1 Å². The molecule has 0 saturated heterocycles. The number of hydrogen-bond donors (Lipinski definition) is 3. The summed E-state index contributed by atoms with van der Waals surface area (Å²) in [5, 5.41) is 3.08. The Balaban J connectivity index is 1.99. The zero-order chi connectivity index (χ0) is 9.52. The van der Waals surface area contributed by atoms with Crippen molar-refractivity contribution < 1.29 is 9.53 Å². The number of carbonyl (C=O) groups excluding carboxylic acids is 1. The highest BCUT2D eigenvalue weighted by Crippen LogP contribution is 1.91. The van der Waals surface area contributed by atoms with E-state index in [2.05, 4.69) is 15.0 Å². The number of amides is 1. The van der Waals surface area contributed by atoms with Gasteiger partial charge in [-0.3, -0.25) is 0 Å². The minimum absolute atomic E-state index is 0.302. The molecule has 4 N–H and O–H groups in total. The van der Waals surface area contributed by atoms with E-state index < -0.39 is 6.09 Å². The molecule has 13 heavy (non-hydrogen) atoms. The topological polar surface area (TPSA) is 80.1 Å². The number of nitrogens with two attached hydrogens (primary N) is 1. The molecule has 1 aromatic heterocycles. The summed E-state index contributed by atoms with van der Waals surface area (Å²) in [6, 6.07) is 3.90. The third kappa shape index (κ3) is 4.17. The lowest BCUT2D eigenvalue weighted by atomic mass is 10.4. The standard InChI is InChI=1S/C8H13N3O2/c9-8(12)13-5-4-10-6-7-2-1-3-11-7/h1-3,10-11H,4-6H2,(H2,9,12). The second kappa shape index (κ2) is 5.21. The molecule has 0 fully saturated rings. The van der Waals surface area contributed by atoms with E-state index in [1.807, 2.05) is 18.3 Å². The van der Waals surface area contributed by atoms with Crippen molar-refractivity contribution in [2.45, 2.75) is 6.54 Å². The molecule has 5 heteroatoms. The van der Waals surface area contributed by atoms with Crippen LogP contribution in [0.5, 0.6) is 0 Å². The number of carbonyl (C=O) groups is 1. The zero-order valence-electron chi connectivity index (χ0n) is 7.25. The smallest absolute Gasteiger partial charge is 0.404 e. The molecule has 0 aliphatic heterocycles. The number of hydrogen-bond acceptors (Lipinski definition) is 3. The number of ether oxygens (including phenoxy) is 1. The average Bonchev–Trinajstić information content (AvgIpc) is 2.55.